The SMILES string of the molecule is O=C(O)CNC(=O)CNC(=O)NCc1cncs1. The van der Waals surface area contributed by atoms with Crippen molar-refractivity contribution >= 4 is 29.2 Å². The lowest BCUT2D eigenvalue weighted by atomic mass is 10.5. The molecule has 0 bridgehead atoms. The minimum atomic E-state index is -1.14. The normalized spacial score (nSPS) is 9.56. The van der Waals surface area contributed by atoms with Crippen molar-refractivity contribution < 1.29 is 19.5 Å². The average Bonchev–Trinajstić information content (AvgIpc) is 2.84. The Morgan fingerprint density at radius 3 is 2.61 bits per heavy atom. The monoisotopic (exact) mass is 272 g/mol. The molecular weight excluding hydrogens is 260 g/mol. The van der Waals surface area contributed by atoms with Crippen LogP contribution in [0.2, 0.25) is 0 Å². The second-order valence-corrected chi connectivity index (χ2v) is 4.15. The van der Waals surface area contributed by atoms with Crippen molar-refractivity contribution in [2.24, 2.45) is 0 Å². The van der Waals surface area contributed by atoms with Crippen LogP contribution in [-0.2, 0) is 16.1 Å². The Bertz CT molecular complexity index is 420. The number of hydrogen-bond acceptors (Lipinski definition) is 5. The number of carboxylic acids is 1. The van der Waals surface area contributed by atoms with E-state index < -0.39 is 24.5 Å². The van der Waals surface area contributed by atoms with Gasteiger partial charge in [0.1, 0.15) is 6.54 Å². The molecule has 0 atom stereocenters. The van der Waals surface area contributed by atoms with Crippen molar-refractivity contribution in [2.45, 2.75) is 6.54 Å². The van der Waals surface area contributed by atoms with E-state index in [1.165, 1.54) is 11.3 Å². The highest BCUT2D eigenvalue weighted by Gasteiger charge is 2.06. The molecule has 9 heteroatoms. The van der Waals surface area contributed by atoms with E-state index in [9.17, 15) is 14.4 Å². The van der Waals surface area contributed by atoms with E-state index in [-0.39, 0.29) is 6.54 Å². The van der Waals surface area contributed by atoms with Gasteiger partial charge >= 0.3 is 12.0 Å². The van der Waals surface area contributed by atoms with Crippen LogP contribution in [0.1, 0.15) is 4.88 Å². The smallest absolute Gasteiger partial charge is 0.322 e. The highest BCUT2D eigenvalue weighted by molar-refractivity contribution is 7.09. The van der Waals surface area contributed by atoms with Crippen LogP contribution in [0.15, 0.2) is 11.7 Å². The first-order valence-corrected chi connectivity index (χ1v) is 5.83. The molecule has 0 saturated carbocycles. The zero-order valence-corrected chi connectivity index (χ0v) is 10.1. The Balaban J connectivity index is 2.13. The third-order valence-electron chi connectivity index (χ3n) is 1.75. The lowest BCUT2D eigenvalue weighted by Gasteiger charge is -2.06. The van der Waals surface area contributed by atoms with E-state index in [0.29, 0.717) is 6.54 Å². The van der Waals surface area contributed by atoms with Crippen molar-refractivity contribution in [3.63, 3.8) is 0 Å². The largest absolute Gasteiger partial charge is 0.480 e. The second-order valence-electron chi connectivity index (χ2n) is 3.17. The molecule has 3 amide bonds. The highest BCUT2D eigenvalue weighted by Crippen LogP contribution is 2.03. The van der Waals surface area contributed by atoms with Crippen LogP contribution < -0.4 is 16.0 Å². The fourth-order valence-corrected chi connectivity index (χ4v) is 1.49. The zero-order chi connectivity index (χ0) is 13.4. The number of aliphatic carboxylic acids is 1. The molecule has 98 valence electrons. The molecule has 0 unspecified atom stereocenters. The molecule has 0 aliphatic rings. The Morgan fingerprint density at radius 1 is 1.22 bits per heavy atom. The van der Waals surface area contributed by atoms with E-state index in [1.807, 2.05) is 0 Å². The van der Waals surface area contributed by atoms with Crippen molar-refractivity contribution in [3.8, 4) is 0 Å². The number of nitrogens with one attached hydrogen (secondary N) is 3. The number of amides is 3. The topological polar surface area (TPSA) is 120 Å². The minimum Gasteiger partial charge on any atom is -0.480 e. The molecule has 8 nitrogen and oxygen atoms in total. The molecule has 0 aliphatic heterocycles. The predicted molar refractivity (Wildman–Crippen MR) is 63.0 cm³/mol. The van der Waals surface area contributed by atoms with Gasteiger partial charge in [0.15, 0.2) is 0 Å². The van der Waals surface area contributed by atoms with Gasteiger partial charge in [-0.25, -0.2) is 4.79 Å². The summed E-state index contributed by atoms with van der Waals surface area (Å²) in [6, 6.07) is -0.506. The number of carboxylic acid groups (broad SMARTS) is 1. The summed E-state index contributed by atoms with van der Waals surface area (Å²) in [6.07, 6.45) is 1.63. The van der Waals surface area contributed by atoms with Gasteiger partial charge in [-0.1, -0.05) is 0 Å². The first kappa shape index (κ1) is 13.9. The summed E-state index contributed by atoms with van der Waals surface area (Å²) < 4.78 is 0. The maximum Gasteiger partial charge on any atom is 0.322 e. The van der Waals surface area contributed by atoms with E-state index in [4.69, 9.17) is 5.11 Å². The summed E-state index contributed by atoms with van der Waals surface area (Å²) in [6.45, 7) is -0.419. The summed E-state index contributed by atoms with van der Waals surface area (Å²) in [5, 5.41) is 15.3. The molecule has 1 heterocycles. The Morgan fingerprint density at radius 2 is 2.00 bits per heavy atom. The summed E-state index contributed by atoms with van der Waals surface area (Å²) in [7, 11) is 0. The van der Waals surface area contributed by atoms with E-state index in [1.54, 1.807) is 11.7 Å². The average molecular weight is 272 g/mol. The highest BCUT2D eigenvalue weighted by atomic mass is 32.1. The fraction of sp³-hybridized carbons (Fsp3) is 0.333. The standard InChI is InChI=1S/C9H12N4O4S/c14-7(11-4-8(15)16)3-13-9(17)12-2-6-1-10-5-18-6/h1,5H,2-4H2,(H,11,14)(H,15,16)(H2,12,13,17). The summed E-state index contributed by atoms with van der Waals surface area (Å²) in [4.78, 5) is 37.2. The van der Waals surface area contributed by atoms with Gasteiger partial charge in [0.2, 0.25) is 5.91 Å². The quantitative estimate of drug-likeness (QED) is 0.537. The number of carbonyl (C=O) groups is 3. The number of aromatic nitrogens is 1. The molecular formula is C9H12N4O4S. The van der Waals surface area contributed by atoms with Gasteiger partial charge < -0.3 is 21.1 Å². The Labute approximate surface area is 106 Å². The van der Waals surface area contributed by atoms with E-state index in [2.05, 4.69) is 20.9 Å². The molecule has 1 aromatic rings. The predicted octanol–water partition coefficient (Wildman–Crippen LogP) is -0.857. The van der Waals surface area contributed by atoms with Crippen LogP contribution >= 0.6 is 11.3 Å². The minimum absolute atomic E-state index is 0.276. The molecule has 1 rings (SSSR count). The first-order chi connectivity index (χ1) is 8.58. The Kier molecular flexibility index (Phi) is 5.58. The zero-order valence-electron chi connectivity index (χ0n) is 9.30. The molecule has 0 radical (unpaired) electrons. The van der Waals surface area contributed by atoms with Crippen LogP contribution in [0, 0.1) is 0 Å². The maximum atomic E-state index is 11.2. The lowest BCUT2D eigenvalue weighted by molar-refractivity contribution is -0.137. The summed E-state index contributed by atoms with van der Waals surface area (Å²) in [5.41, 5.74) is 1.65. The fourth-order valence-electron chi connectivity index (χ4n) is 0.957. The second kappa shape index (κ2) is 7.22. The van der Waals surface area contributed by atoms with Crippen LogP contribution in [0.4, 0.5) is 4.79 Å². The summed E-state index contributed by atoms with van der Waals surface area (Å²) in [5.74, 6) is -1.71. The van der Waals surface area contributed by atoms with Gasteiger partial charge in [-0.2, -0.15) is 0 Å². The van der Waals surface area contributed by atoms with Crippen molar-refractivity contribution in [1.29, 1.82) is 0 Å². The number of thiazole rings is 1. The first-order valence-electron chi connectivity index (χ1n) is 4.95. The maximum absolute atomic E-state index is 11.2. The van der Waals surface area contributed by atoms with E-state index in [0.717, 1.165) is 4.88 Å². The van der Waals surface area contributed by atoms with Crippen molar-refractivity contribution in [1.82, 2.24) is 20.9 Å². The van der Waals surface area contributed by atoms with Crippen LogP contribution in [0.25, 0.3) is 0 Å². The summed E-state index contributed by atoms with van der Waals surface area (Å²) >= 11 is 1.40. The van der Waals surface area contributed by atoms with Crippen molar-refractivity contribution in [3.05, 3.63) is 16.6 Å². The third-order valence-corrected chi connectivity index (χ3v) is 2.53. The number of nitrogens with zero attached hydrogens (tertiary/aromatic N) is 1. The van der Waals surface area contributed by atoms with Gasteiger partial charge in [0.05, 0.1) is 18.6 Å². The van der Waals surface area contributed by atoms with Crippen molar-refractivity contribution in [2.75, 3.05) is 13.1 Å². The molecule has 0 aromatic carbocycles. The van der Waals surface area contributed by atoms with Gasteiger partial charge in [0, 0.05) is 11.1 Å². The van der Waals surface area contributed by atoms with Gasteiger partial charge in [-0.15, -0.1) is 11.3 Å². The third kappa shape index (κ3) is 5.80. The molecule has 4 N–H and O–H groups in total. The number of rotatable bonds is 6. The molecule has 0 saturated heterocycles. The lowest BCUT2D eigenvalue weighted by Crippen LogP contribution is -2.42. The van der Waals surface area contributed by atoms with Crippen LogP contribution in [-0.4, -0.2) is 41.1 Å². The number of carbonyl (C=O) groups excluding carboxylic acids is 2. The molecule has 0 fully saturated rings. The Hall–Kier alpha value is -2.16. The molecule has 18 heavy (non-hydrogen) atoms. The van der Waals surface area contributed by atoms with Crippen LogP contribution in [0.5, 0.6) is 0 Å². The molecule has 0 spiro atoms. The molecule has 1 aromatic heterocycles. The van der Waals surface area contributed by atoms with Gasteiger partial charge in [-0.3, -0.25) is 14.6 Å². The number of hydrogen-bond donors (Lipinski definition) is 4. The number of urea groups is 1. The molecule has 0 aliphatic carbocycles. The van der Waals surface area contributed by atoms with Gasteiger partial charge in [0.25, 0.3) is 0 Å². The van der Waals surface area contributed by atoms with Gasteiger partial charge in [-0.05, 0) is 0 Å². The van der Waals surface area contributed by atoms with Crippen LogP contribution in [0.3, 0.4) is 0 Å². The van der Waals surface area contributed by atoms with E-state index >= 15 is 0 Å².